The molecule has 2 aromatic rings. The SMILES string of the molecule is CNS(=O)(=O)c1ccc(NCc2nccn2C)cc1. The lowest BCUT2D eigenvalue weighted by Crippen LogP contribution is -2.18. The van der Waals surface area contributed by atoms with Crippen LogP contribution < -0.4 is 10.0 Å². The van der Waals surface area contributed by atoms with E-state index in [1.54, 1.807) is 30.5 Å². The van der Waals surface area contributed by atoms with Gasteiger partial charge in [0.1, 0.15) is 5.82 Å². The molecule has 0 atom stereocenters. The van der Waals surface area contributed by atoms with E-state index < -0.39 is 10.0 Å². The first kappa shape index (κ1) is 13.6. The summed E-state index contributed by atoms with van der Waals surface area (Å²) in [6.07, 6.45) is 3.61. The van der Waals surface area contributed by atoms with Gasteiger partial charge < -0.3 is 9.88 Å². The van der Waals surface area contributed by atoms with E-state index in [9.17, 15) is 8.42 Å². The van der Waals surface area contributed by atoms with Gasteiger partial charge in [-0.05, 0) is 31.3 Å². The van der Waals surface area contributed by atoms with Crippen molar-refractivity contribution in [2.24, 2.45) is 7.05 Å². The van der Waals surface area contributed by atoms with Gasteiger partial charge in [0.25, 0.3) is 0 Å². The zero-order chi connectivity index (χ0) is 13.9. The van der Waals surface area contributed by atoms with Crippen molar-refractivity contribution in [3.8, 4) is 0 Å². The van der Waals surface area contributed by atoms with Crippen LogP contribution >= 0.6 is 0 Å². The third-order valence-corrected chi connectivity index (χ3v) is 4.24. The Morgan fingerprint density at radius 2 is 1.95 bits per heavy atom. The van der Waals surface area contributed by atoms with Crippen LogP contribution in [-0.2, 0) is 23.6 Å². The van der Waals surface area contributed by atoms with Crippen LogP contribution in [0.2, 0.25) is 0 Å². The number of nitrogens with zero attached hydrogens (tertiary/aromatic N) is 2. The minimum absolute atomic E-state index is 0.248. The molecule has 0 aliphatic carbocycles. The largest absolute Gasteiger partial charge is 0.378 e. The quantitative estimate of drug-likeness (QED) is 0.854. The Morgan fingerprint density at radius 1 is 1.26 bits per heavy atom. The van der Waals surface area contributed by atoms with E-state index in [-0.39, 0.29) is 4.90 Å². The molecule has 0 saturated carbocycles. The average molecular weight is 280 g/mol. The predicted octanol–water partition coefficient (Wildman–Crippen LogP) is 0.940. The first-order chi connectivity index (χ1) is 9.03. The van der Waals surface area contributed by atoms with Gasteiger partial charge in [-0.2, -0.15) is 0 Å². The van der Waals surface area contributed by atoms with Crippen molar-refractivity contribution in [3.63, 3.8) is 0 Å². The van der Waals surface area contributed by atoms with Crippen LogP contribution in [0.3, 0.4) is 0 Å². The van der Waals surface area contributed by atoms with E-state index >= 15 is 0 Å². The topological polar surface area (TPSA) is 76.0 Å². The Morgan fingerprint density at radius 3 is 2.47 bits per heavy atom. The first-order valence-electron chi connectivity index (χ1n) is 5.76. The molecule has 19 heavy (non-hydrogen) atoms. The first-order valence-corrected chi connectivity index (χ1v) is 7.25. The number of anilines is 1. The molecule has 0 saturated heterocycles. The number of nitrogens with one attached hydrogen (secondary N) is 2. The molecule has 2 rings (SSSR count). The number of imidazole rings is 1. The highest BCUT2D eigenvalue weighted by molar-refractivity contribution is 7.89. The molecule has 0 radical (unpaired) electrons. The van der Waals surface area contributed by atoms with Gasteiger partial charge in [-0.3, -0.25) is 0 Å². The Balaban J connectivity index is 2.06. The summed E-state index contributed by atoms with van der Waals surface area (Å²) >= 11 is 0. The molecule has 1 aromatic carbocycles. The molecule has 0 amide bonds. The molecule has 102 valence electrons. The molecule has 0 aliphatic heterocycles. The summed E-state index contributed by atoms with van der Waals surface area (Å²) < 4.78 is 27.3. The molecule has 0 spiro atoms. The molecule has 6 nitrogen and oxygen atoms in total. The van der Waals surface area contributed by atoms with Gasteiger partial charge in [-0.15, -0.1) is 0 Å². The summed E-state index contributed by atoms with van der Waals surface area (Å²) in [6, 6.07) is 6.58. The second-order valence-corrected chi connectivity index (χ2v) is 5.93. The molecule has 0 aliphatic rings. The molecule has 1 aromatic heterocycles. The Bertz CT molecular complexity index is 647. The monoisotopic (exact) mass is 280 g/mol. The Hall–Kier alpha value is -1.86. The van der Waals surface area contributed by atoms with Crippen molar-refractivity contribution >= 4 is 15.7 Å². The summed E-state index contributed by atoms with van der Waals surface area (Å²) in [5.41, 5.74) is 0.845. The van der Waals surface area contributed by atoms with E-state index in [2.05, 4.69) is 15.0 Å². The highest BCUT2D eigenvalue weighted by Gasteiger charge is 2.10. The van der Waals surface area contributed by atoms with Gasteiger partial charge in [0.2, 0.25) is 10.0 Å². The molecule has 2 N–H and O–H groups in total. The number of aromatic nitrogens is 2. The number of hydrogen-bond donors (Lipinski definition) is 2. The second-order valence-electron chi connectivity index (χ2n) is 4.04. The minimum atomic E-state index is -3.37. The van der Waals surface area contributed by atoms with Crippen LogP contribution in [0.4, 0.5) is 5.69 Å². The van der Waals surface area contributed by atoms with Crippen LogP contribution in [0.25, 0.3) is 0 Å². The van der Waals surface area contributed by atoms with Gasteiger partial charge in [0.15, 0.2) is 0 Å². The zero-order valence-corrected chi connectivity index (χ0v) is 11.6. The average Bonchev–Trinajstić information content (AvgIpc) is 2.82. The second kappa shape index (κ2) is 5.41. The predicted molar refractivity (Wildman–Crippen MR) is 73.2 cm³/mol. The van der Waals surface area contributed by atoms with E-state index in [0.717, 1.165) is 11.5 Å². The zero-order valence-electron chi connectivity index (χ0n) is 10.8. The number of sulfonamides is 1. The number of benzene rings is 1. The smallest absolute Gasteiger partial charge is 0.240 e. The van der Waals surface area contributed by atoms with Crippen molar-refractivity contribution < 1.29 is 8.42 Å². The fourth-order valence-electron chi connectivity index (χ4n) is 1.62. The van der Waals surface area contributed by atoms with Crippen molar-refractivity contribution in [1.29, 1.82) is 0 Å². The third-order valence-electron chi connectivity index (χ3n) is 2.80. The van der Waals surface area contributed by atoms with E-state index in [4.69, 9.17) is 0 Å². The molecule has 0 bridgehead atoms. The summed E-state index contributed by atoms with van der Waals surface area (Å²) in [6.45, 7) is 0.585. The van der Waals surface area contributed by atoms with Crippen molar-refractivity contribution in [2.45, 2.75) is 11.4 Å². The third kappa shape index (κ3) is 3.12. The summed E-state index contributed by atoms with van der Waals surface area (Å²) in [4.78, 5) is 4.44. The van der Waals surface area contributed by atoms with E-state index in [0.29, 0.717) is 6.54 Å². The van der Waals surface area contributed by atoms with Crippen LogP contribution in [-0.4, -0.2) is 25.0 Å². The fourth-order valence-corrected chi connectivity index (χ4v) is 2.35. The molecule has 7 heteroatoms. The van der Waals surface area contributed by atoms with Gasteiger partial charge >= 0.3 is 0 Å². The van der Waals surface area contributed by atoms with Crippen molar-refractivity contribution in [1.82, 2.24) is 14.3 Å². The van der Waals surface area contributed by atoms with Crippen LogP contribution in [0.1, 0.15) is 5.82 Å². The van der Waals surface area contributed by atoms with Gasteiger partial charge in [-0.25, -0.2) is 18.1 Å². The maximum absolute atomic E-state index is 11.6. The number of aryl methyl sites for hydroxylation is 1. The van der Waals surface area contributed by atoms with Gasteiger partial charge in [0, 0.05) is 25.1 Å². The maximum Gasteiger partial charge on any atom is 0.240 e. The number of hydrogen-bond acceptors (Lipinski definition) is 4. The van der Waals surface area contributed by atoms with Crippen LogP contribution in [0.15, 0.2) is 41.6 Å². The molecular weight excluding hydrogens is 264 g/mol. The molecular formula is C12H16N4O2S. The lowest BCUT2D eigenvalue weighted by molar-refractivity contribution is 0.588. The number of rotatable bonds is 5. The highest BCUT2D eigenvalue weighted by atomic mass is 32.2. The lowest BCUT2D eigenvalue weighted by Gasteiger charge is -2.07. The summed E-state index contributed by atoms with van der Waals surface area (Å²) in [5, 5.41) is 3.19. The lowest BCUT2D eigenvalue weighted by atomic mass is 10.3. The summed E-state index contributed by atoms with van der Waals surface area (Å²) in [7, 11) is -0.0594. The minimum Gasteiger partial charge on any atom is -0.378 e. The molecule has 1 heterocycles. The Labute approximate surface area is 112 Å². The van der Waals surface area contributed by atoms with Crippen molar-refractivity contribution in [2.75, 3.05) is 12.4 Å². The standard InChI is InChI=1S/C12H16N4O2S/c1-13-19(17,18)11-5-3-10(4-6-11)15-9-12-14-7-8-16(12)2/h3-8,13,15H,9H2,1-2H3. The van der Waals surface area contributed by atoms with Crippen LogP contribution in [0.5, 0.6) is 0 Å². The maximum atomic E-state index is 11.6. The normalized spacial score (nSPS) is 11.5. The molecule has 0 fully saturated rings. The summed E-state index contributed by atoms with van der Waals surface area (Å²) in [5.74, 6) is 0.909. The van der Waals surface area contributed by atoms with Gasteiger partial charge in [0.05, 0.1) is 11.4 Å². The van der Waals surface area contributed by atoms with Crippen molar-refractivity contribution in [3.05, 3.63) is 42.5 Å². The van der Waals surface area contributed by atoms with E-state index in [1.807, 2.05) is 17.8 Å². The fraction of sp³-hybridized carbons (Fsp3) is 0.250. The molecule has 0 unspecified atom stereocenters. The van der Waals surface area contributed by atoms with E-state index in [1.165, 1.54) is 7.05 Å². The highest BCUT2D eigenvalue weighted by Crippen LogP contribution is 2.14. The van der Waals surface area contributed by atoms with Gasteiger partial charge in [-0.1, -0.05) is 0 Å². The van der Waals surface area contributed by atoms with Crippen LogP contribution in [0, 0.1) is 0 Å². The Kier molecular flexibility index (Phi) is 3.87.